The third-order valence-corrected chi connectivity index (χ3v) is 3.42. The van der Waals surface area contributed by atoms with E-state index in [0.29, 0.717) is 30.0 Å². The van der Waals surface area contributed by atoms with Crippen LogP contribution >= 0.6 is 0 Å². The molecule has 0 unspecified atom stereocenters. The van der Waals surface area contributed by atoms with Crippen molar-refractivity contribution in [2.75, 3.05) is 5.32 Å². The van der Waals surface area contributed by atoms with Crippen molar-refractivity contribution in [1.82, 2.24) is 24.8 Å². The van der Waals surface area contributed by atoms with Crippen LogP contribution < -0.4 is 11.1 Å². The molecule has 0 aliphatic rings. The molecule has 0 saturated carbocycles. The number of nitrogens with zero attached hydrogens (tertiary/aromatic N) is 5. The lowest BCUT2D eigenvalue weighted by atomic mass is 10.2. The van der Waals surface area contributed by atoms with Crippen molar-refractivity contribution in [3.8, 4) is 0 Å². The van der Waals surface area contributed by atoms with E-state index in [4.69, 9.17) is 5.73 Å². The van der Waals surface area contributed by atoms with E-state index in [1.807, 2.05) is 13.8 Å². The SMILES string of the molecule is CCc1nn(C)c(C(N)=O)c1NC(=O)c1nnn(CC)c1C. The average molecular weight is 305 g/mol. The second-order valence-electron chi connectivity index (χ2n) is 4.81. The highest BCUT2D eigenvalue weighted by Gasteiger charge is 2.24. The third kappa shape index (κ3) is 2.57. The lowest BCUT2D eigenvalue weighted by Crippen LogP contribution is -2.21. The average Bonchev–Trinajstić information content (AvgIpc) is 2.98. The fourth-order valence-electron chi connectivity index (χ4n) is 2.28. The van der Waals surface area contributed by atoms with Crippen LogP contribution in [-0.2, 0) is 20.0 Å². The first-order valence-electron chi connectivity index (χ1n) is 6.97. The quantitative estimate of drug-likeness (QED) is 0.820. The van der Waals surface area contributed by atoms with Crippen molar-refractivity contribution < 1.29 is 9.59 Å². The van der Waals surface area contributed by atoms with E-state index in [-0.39, 0.29) is 11.4 Å². The van der Waals surface area contributed by atoms with Gasteiger partial charge in [-0.3, -0.25) is 14.3 Å². The van der Waals surface area contributed by atoms with Gasteiger partial charge in [-0.1, -0.05) is 12.1 Å². The number of nitrogens with one attached hydrogen (secondary N) is 1. The van der Waals surface area contributed by atoms with Gasteiger partial charge >= 0.3 is 0 Å². The number of hydrogen-bond donors (Lipinski definition) is 2. The molecule has 118 valence electrons. The van der Waals surface area contributed by atoms with Crippen molar-refractivity contribution in [3.05, 3.63) is 22.8 Å². The standard InChI is InChI=1S/C13H19N7O2/c1-5-8-10(11(12(14)21)19(4)17-8)15-13(22)9-7(3)20(6-2)18-16-9/h5-6H2,1-4H3,(H2,14,21)(H,15,22). The molecule has 0 radical (unpaired) electrons. The summed E-state index contributed by atoms with van der Waals surface area (Å²) in [5.74, 6) is -1.10. The van der Waals surface area contributed by atoms with E-state index < -0.39 is 11.8 Å². The number of amides is 2. The van der Waals surface area contributed by atoms with Gasteiger partial charge in [0.2, 0.25) is 0 Å². The topological polar surface area (TPSA) is 121 Å². The van der Waals surface area contributed by atoms with Gasteiger partial charge in [-0.15, -0.1) is 5.10 Å². The highest BCUT2D eigenvalue weighted by molar-refractivity contribution is 6.08. The van der Waals surface area contributed by atoms with Crippen LogP contribution in [0.2, 0.25) is 0 Å². The number of carbonyl (C=O) groups excluding carboxylic acids is 2. The number of primary amides is 1. The van der Waals surface area contributed by atoms with Crippen molar-refractivity contribution in [2.24, 2.45) is 12.8 Å². The van der Waals surface area contributed by atoms with Crippen LogP contribution in [0.15, 0.2) is 0 Å². The first-order chi connectivity index (χ1) is 10.4. The maximum absolute atomic E-state index is 12.4. The molecule has 9 heteroatoms. The Hall–Kier alpha value is -2.71. The zero-order chi connectivity index (χ0) is 16.4. The first-order valence-corrected chi connectivity index (χ1v) is 6.97. The second-order valence-corrected chi connectivity index (χ2v) is 4.81. The Labute approximate surface area is 127 Å². The fraction of sp³-hybridized carbons (Fsp3) is 0.462. The fourth-order valence-corrected chi connectivity index (χ4v) is 2.28. The predicted molar refractivity (Wildman–Crippen MR) is 79.5 cm³/mol. The molecule has 2 amide bonds. The van der Waals surface area contributed by atoms with Crippen molar-refractivity contribution in [1.29, 1.82) is 0 Å². The molecule has 0 aromatic carbocycles. The Morgan fingerprint density at radius 3 is 2.50 bits per heavy atom. The Balaban J connectivity index is 2.39. The molecule has 0 aliphatic heterocycles. The maximum Gasteiger partial charge on any atom is 0.278 e. The number of rotatable bonds is 5. The molecule has 9 nitrogen and oxygen atoms in total. The van der Waals surface area contributed by atoms with E-state index in [1.54, 1.807) is 18.7 Å². The summed E-state index contributed by atoms with van der Waals surface area (Å²) in [4.78, 5) is 24.0. The van der Waals surface area contributed by atoms with E-state index in [2.05, 4.69) is 20.7 Å². The molecule has 0 aliphatic carbocycles. The molecule has 0 spiro atoms. The zero-order valence-corrected chi connectivity index (χ0v) is 13.0. The summed E-state index contributed by atoms with van der Waals surface area (Å²) >= 11 is 0. The van der Waals surface area contributed by atoms with Gasteiger partial charge in [-0.05, 0) is 20.3 Å². The van der Waals surface area contributed by atoms with Crippen LogP contribution in [0.4, 0.5) is 5.69 Å². The lowest BCUT2D eigenvalue weighted by molar-refractivity contribution is 0.0992. The number of anilines is 1. The molecule has 2 heterocycles. The minimum absolute atomic E-state index is 0.158. The summed E-state index contributed by atoms with van der Waals surface area (Å²) in [6.45, 7) is 6.16. The second kappa shape index (κ2) is 5.96. The van der Waals surface area contributed by atoms with Crippen LogP contribution in [0.3, 0.4) is 0 Å². The minimum Gasteiger partial charge on any atom is -0.364 e. The minimum atomic E-state index is -0.654. The van der Waals surface area contributed by atoms with Gasteiger partial charge in [-0.25, -0.2) is 4.68 Å². The molecule has 22 heavy (non-hydrogen) atoms. The molecule has 2 aromatic heterocycles. The lowest BCUT2D eigenvalue weighted by Gasteiger charge is -2.06. The molecule has 3 N–H and O–H groups in total. The summed E-state index contributed by atoms with van der Waals surface area (Å²) in [5, 5.41) is 14.7. The highest BCUT2D eigenvalue weighted by Crippen LogP contribution is 2.21. The monoisotopic (exact) mass is 305 g/mol. The number of nitrogens with two attached hydrogens (primary N) is 1. The Kier molecular flexibility index (Phi) is 4.25. The smallest absolute Gasteiger partial charge is 0.278 e. The molecule has 2 aromatic rings. The van der Waals surface area contributed by atoms with Crippen LogP contribution in [0, 0.1) is 6.92 Å². The van der Waals surface area contributed by atoms with Gasteiger partial charge in [0.05, 0.1) is 17.1 Å². The van der Waals surface area contributed by atoms with Gasteiger partial charge < -0.3 is 11.1 Å². The van der Waals surface area contributed by atoms with Gasteiger partial charge in [0.1, 0.15) is 5.69 Å². The predicted octanol–water partition coefficient (Wildman–Crippen LogP) is 0.254. The summed E-state index contributed by atoms with van der Waals surface area (Å²) in [7, 11) is 1.60. The maximum atomic E-state index is 12.4. The highest BCUT2D eigenvalue weighted by atomic mass is 16.2. The Morgan fingerprint density at radius 2 is 2.00 bits per heavy atom. The van der Waals surface area contributed by atoms with Crippen molar-refractivity contribution in [2.45, 2.75) is 33.7 Å². The van der Waals surface area contributed by atoms with Gasteiger partial charge in [0.15, 0.2) is 5.69 Å². The van der Waals surface area contributed by atoms with E-state index in [0.717, 1.165) is 0 Å². The van der Waals surface area contributed by atoms with Crippen molar-refractivity contribution in [3.63, 3.8) is 0 Å². The third-order valence-electron chi connectivity index (χ3n) is 3.42. The number of aromatic nitrogens is 5. The summed E-state index contributed by atoms with van der Waals surface area (Å²) < 4.78 is 2.99. The number of carbonyl (C=O) groups is 2. The molecule has 0 atom stereocenters. The summed E-state index contributed by atoms with van der Waals surface area (Å²) in [5.41, 5.74) is 7.31. The zero-order valence-electron chi connectivity index (χ0n) is 13.0. The molecule has 0 fully saturated rings. The summed E-state index contributed by atoms with van der Waals surface area (Å²) in [6, 6.07) is 0. The van der Waals surface area contributed by atoms with Gasteiger partial charge in [0.25, 0.3) is 11.8 Å². The number of hydrogen-bond acceptors (Lipinski definition) is 5. The Bertz CT molecular complexity index is 729. The van der Waals surface area contributed by atoms with E-state index >= 15 is 0 Å². The van der Waals surface area contributed by atoms with Gasteiger partial charge in [-0.2, -0.15) is 5.10 Å². The normalized spacial score (nSPS) is 10.7. The summed E-state index contributed by atoms with van der Waals surface area (Å²) in [6.07, 6.45) is 0.553. The van der Waals surface area contributed by atoms with Crippen molar-refractivity contribution >= 4 is 17.5 Å². The molecular formula is C13H19N7O2. The van der Waals surface area contributed by atoms with Gasteiger partial charge in [0, 0.05) is 13.6 Å². The van der Waals surface area contributed by atoms with Crippen LogP contribution in [0.25, 0.3) is 0 Å². The van der Waals surface area contributed by atoms with E-state index in [9.17, 15) is 9.59 Å². The Morgan fingerprint density at radius 1 is 1.32 bits per heavy atom. The molecular weight excluding hydrogens is 286 g/mol. The van der Waals surface area contributed by atoms with Crippen LogP contribution in [-0.4, -0.2) is 36.6 Å². The molecule has 0 saturated heterocycles. The van der Waals surface area contributed by atoms with E-state index in [1.165, 1.54) is 4.68 Å². The molecule has 0 bridgehead atoms. The van der Waals surface area contributed by atoms with Crippen LogP contribution in [0.1, 0.15) is 46.2 Å². The largest absolute Gasteiger partial charge is 0.364 e. The molecule has 2 rings (SSSR count). The first kappa shape index (κ1) is 15.7. The number of aryl methyl sites for hydroxylation is 3. The van der Waals surface area contributed by atoms with Crippen LogP contribution in [0.5, 0.6) is 0 Å².